The van der Waals surface area contributed by atoms with Gasteiger partial charge in [0.1, 0.15) is 5.15 Å². The molecule has 2 nitrogen and oxygen atoms in total. The Morgan fingerprint density at radius 2 is 1.94 bits per heavy atom. The minimum Gasteiger partial charge on any atom is -0.388 e. The van der Waals surface area contributed by atoms with Crippen molar-refractivity contribution in [2.24, 2.45) is 0 Å². The molecule has 1 atom stereocenters. The van der Waals surface area contributed by atoms with Gasteiger partial charge in [0, 0.05) is 17.6 Å². The molecule has 0 amide bonds. The molecule has 1 aromatic heterocycles. The fourth-order valence-corrected chi connectivity index (χ4v) is 2.01. The number of halogens is 2. The SMILES string of the molecule is OC(Cc1ccccc1Cl)c1ccnc(Cl)c1. The van der Waals surface area contributed by atoms with Gasteiger partial charge in [0.05, 0.1) is 6.10 Å². The third-order valence-corrected chi connectivity index (χ3v) is 3.08. The molecule has 1 heterocycles. The molecule has 0 saturated heterocycles. The Kier molecular flexibility index (Phi) is 4.00. The molecule has 2 rings (SSSR count). The van der Waals surface area contributed by atoms with Crippen LogP contribution in [0.1, 0.15) is 17.2 Å². The fourth-order valence-electron chi connectivity index (χ4n) is 1.61. The number of aliphatic hydroxyl groups excluding tert-OH is 1. The Hall–Kier alpha value is -1.09. The number of nitrogens with zero attached hydrogens (tertiary/aromatic N) is 1. The highest BCUT2D eigenvalue weighted by Crippen LogP contribution is 2.24. The molecule has 4 heteroatoms. The fraction of sp³-hybridized carbons (Fsp3) is 0.154. The topological polar surface area (TPSA) is 33.1 Å². The number of pyridine rings is 1. The van der Waals surface area contributed by atoms with Crippen molar-refractivity contribution < 1.29 is 5.11 Å². The van der Waals surface area contributed by atoms with Crippen LogP contribution in [0.3, 0.4) is 0 Å². The zero-order chi connectivity index (χ0) is 12.3. The first-order valence-corrected chi connectivity index (χ1v) is 5.95. The van der Waals surface area contributed by atoms with Crippen molar-refractivity contribution in [1.29, 1.82) is 0 Å². The van der Waals surface area contributed by atoms with E-state index in [1.54, 1.807) is 18.3 Å². The molecule has 0 spiro atoms. The maximum absolute atomic E-state index is 10.1. The molecule has 0 radical (unpaired) electrons. The highest BCUT2D eigenvalue weighted by Gasteiger charge is 2.11. The van der Waals surface area contributed by atoms with Gasteiger partial charge in [-0.3, -0.25) is 0 Å². The third kappa shape index (κ3) is 3.19. The van der Waals surface area contributed by atoms with E-state index >= 15 is 0 Å². The summed E-state index contributed by atoms with van der Waals surface area (Å²) in [6.45, 7) is 0. The molecule has 0 fully saturated rings. The van der Waals surface area contributed by atoms with Crippen LogP contribution < -0.4 is 0 Å². The molecule has 0 saturated carbocycles. The number of hydrogen-bond donors (Lipinski definition) is 1. The average Bonchev–Trinajstić information content (AvgIpc) is 2.32. The van der Waals surface area contributed by atoms with Crippen LogP contribution in [0.4, 0.5) is 0 Å². The first-order chi connectivity index (χ1) is 8.16. The Bertz CT molecular complexity index is 516. The smallest absolute Gasteiger partial charge is 0.129 e. The second kappa shape index (κ2) is 5.50. The quantitative estimate of drug-likeness (QED) is 0.861. The second-order valence-corrected chi connectivity index (χ2v) is 4.52. The molecule has 0 bridgehead atoms. The van der Waals surface area contributed by atoms with Crippen LogP contribution >= 0.6 is 23.2 Å². The Morgan fingerprint density at radius 3 is 2.65 bits per heavy atom. The predicted molar refractivity (Wildman–Crippen MR) is 69.4 cm³/mol. The molecular weight excluding hydrogens is 257 g/mol. The molecule has 1 aromatic carbocycles. The lowest BCUT2D eigenvalue weighted by atomic mass is 10.0. The van der Waals surface area contributed by atoms with Crippen molar-refractivity contribution in [2.45, 2.75) is 12.5 Å². The summed E-state index contributed by atoms with van der Waals surface area (Å²) in [5.41, 5.74) is 1.65. The van der Waals surface area contributed by atoms with Gasteiger partial charge in [0.25, 0.3) is 0 Å². The van der Waals surface area contributed by atoms with E-state index in [2.05, 4.69) is 4.98 Å². The zero-order valence-corrected chi connectivity index (χ0v) is 10.5. The lowest BCUT2D eigenvalue weighted by Gasteiger charge is -2.12. The molecule has 17 heavy (non-hydrogen) atoms. The van der Waals surface area contributed by atoms with Crippen molar-refractivity contribution in [3.63, 3.8) is 0 Å². The third-order valence-electron chi connectivity index (χ3n) is 2.51. The van der Waals surface area contributed by atoms with Gasteiger partial charge >= 0.3 is 0 Å². The van der Waals surface area contributed by atoms with Crippen molar-refractivity contribution in [2.75, 3.05) is 0 Å². The van der Waals surface area contributed by atoms with Gasteiger partial charge in [0.15, 0.2) is 0 Å². The lowest BCUT2D eigenvalue weighted by Crippen LogP contribution is -2.02. The van der Waals surface area contributed by atoms with E-state index in [1.807, 2.05) is 24.3 Å². The van der Waals surface area contributed by atoms with E-state index < -0.39 is 6.10 Å². The van der Waals surface area contributed by atoms with E-state index in [0.717, 1.165) is 11.1 Å². The Labute approximate surface area is 110 Å². The van der Waals surface area contributed by atoms with Crippen LogP contribution in [0.5, 0.6) is 0 Å². The molecule has 0 aliphatic heterocycles. The summed E-state index contributed by atoms with van der Waals surface area (Å²) in [4.78, 5) is 3.88. The number of benzene rings is 1. The van der Waals surface area contributed by atoms with Crippen LogP contribution in [0, 0.1) is 0 Å². The normalized spacial score (nSPS) is 12.4. The molecule has 88 valence electrons. The Morgan fingerprint density at radius 1 is 1.18 bits per heavy atom. The van der Waals surface area contributed by atoms with Gasteiger partial charge in [-0.2, -0.15) is 0 Å². The first-order valence-electron chi connectivity index (χ1n) is 5.20. The summed E-state index contributed by atoms with van der Waals surface area (Å²) in [6, 6.07) is 10.9. The van der Waals surface area contributed by atoms with Crippen molar-refractivity contribution in [3.8, 4) is 0 Å². The van der Waals surface area contributed by atoms with Crippen molar-refractivity contribution in [3.05, 3.63) is 63.9 Å². The van der Waals surface area contributed by atoms with E-state index in [9.17, 15) is 5.11 Å². The number of rotatable bonds is 3. The molecule has 0 aliphatic rings. The highest BCUT2D eigenvalue weighted by molar-refractivity contribution is 6.31. The van der Waals surface area contributed by atoms with Crippen LogP contribution in [0.25, 0.3) is 0 Å². The second-order valence-electron chi connectivity index (χ2n) is 3.72. The number of aliphatic hydroxyl groups is 1. The first kappa shape index (κ1) is 12.4. The van der Waals surface area contributed by atoms with E-state index in [4.69, 9.17) is 23.2 Å². The van der Waals surface area contributed by atoms with Gasteiger partial charge in [-0.1, -0.05) is 41.4 Å². The monoisotopic (exact) mass is 267 g/mol. The average molecular weight is 268 g/mol. The van der Waals surface area contributed by atoms with Gasteiger partial charge < -0.3 is 5.11 Å². The highest BCUT2D eigenvalue weighted by atomic mass is 35.5. The molecule has 0 aliphatic carbocycles. The molecule has 1 N–H and O–H groups in total. The standard InChI is InChI=1S/C13H11Cl2NO/c14-11-4-2-1-3-9(11)7-12(17)10-5-6-16-13(15)8-10/h1-6,8,12,17H,7H2. The van der Waals surface area contributed by atoms with Gasteiger partial charge in [-0.05, 0) is 29.3 Å². The van der Waals surface area contributed by atoms with E-state index in [-0.39, 0.29) is 0 Å². The number of aromatic nitrogens is 1. The maximum Gasteiger partial charge on any atom is 0.129 e. The minimum absolute atomic E-state index is 0.376. The summed E-state index contributed by atoms with van der Waals surface area (Å²) >= 11 is 11.8. The molecule has 2 aromatic rings. The van der Waals surface area contributed by atoms with Crippen LogP contribution in [0.2, 0.25) is 10.2 Å². The summed E-state index contributed by atoms with van der Waals surface area (Å²) in [5.74, 6) is 0. The van der Waals surface area contributed by atoms with Gasteiger partial charge in [-0.25, -0.2) is 4.98 Å². The molecular formula is C13H11Cl2NO. The van der Waals surface area contributed by atoms with E-state index in [1.165, 1.54) is 0 Å². The summed E-state index contributed by atoms with van der Waals surface area (Å²) in [6.07, 6.45) is 1.41. The largest absolute Gasteiger partial charge is 0.388 e. The van der Waals surface area contributed by atoms with Crippen molar-refractivity contribution in [1.82, 2.24) is 4.98 Å². The van der Waals surface area contributed by atoms with Crippen LogP contribution in [-0.4, -0.2) is 10.1 Å². The summed E-state index contributed by atoms with van der Waals surface area (Å²) in [7, 11) is 0. The summed E-state index contributed by atoms with van der Waals surface area (Å²) < 4.78 is 0. The van der Waals surface area contributed by atoms with Crippen molar-refractivity contribution >= 4 is 23.2 Å². The predicted octanol–water partition coefficient (Wildman–Crippen LogP) is 3.66. The minimum atomic E-state index is -0.629. The zero-order valence-electron chi connectivity index (χ0n) is 8.98. The van der Waals surface area contributed by atoms with Crippen LogP contribution in [0.15, 0.2) is 42.6 Å². The van der Waals surface area contributed by atoms with E-state index in [0.29, 0.717) is 16.6 Å². The summed E-state index contributed by atoms with van der Waals surface area (Å²) in [5, 5.41) is 11.1. The number of hydrogen-bond acceptors (Lipinski definition) is 2. The van der Waals surface area contributed by atoms with Gasteiger partial charge in [0.2, 0.25) is 0 Å². The molecule has 1 unspecified atom stereocenters. The van der Waals surface area contributed by atoms with Gasteiger partial charge in [-0.15, -0.1) is 0 Å². The lowest BCUT2D eigenvalue weighted by molar-refractivity contribution is 0.178. The maximum atomic E-state index is 10.1. The van der Waals surface area contributed by atoms with Crippen LogP contribution in [-0.2, 0) is 6.42 Å². The Balaban J connectivity index is 2.17.